The molecule has 0 bridgehead atoms. The molecule has 0 atom stereocenters. The second-order valence-corrected chi connectivity index (χ2v) is 3.14. The van der Waals surface area contributed by atoms with Crippen molar-refractivity contribution in [2.45, 2.75) is 20.3 Å². The summed E-state index contributed by atoms with van der Waals surface area (Å²) in [5.41, 5.74) is -0.137. The van der Waals surface area contributed by atoms with Crippen molar-refractivity contribution in [1.29, 1.82) is 0 Å². The smallest absolute Gasteiger partial charge is 0.448 e. The first kappa shape index (κ1) is 15.4. The van der Waals surface area contributed by atoms with Gasteiger partial charge in [-0.1, -0.05) is 0 Å². The molecule has 0 spiro atoms. The van der Waals surface area contributed by atoms with Gasteiger partial charge in [-0.25, -0.2) is 4.79 Å². The molecular formula is C7H9BF3KN2O. The fraction of sp³-hybridized carbons (Fsp3) is 0.429. The van der Waals surface area contributed by atoms with Gasteiger partial charge in [-0.15, -0.1) is 0 Å². The summed E-state index contributed by atoms with van der Waals surface area (Å²) >= 11 is 0. The predicted molar refractivity (Wildman–Crippen MR) is 47.0 cm³/mol. The fourth-order valence-electron chi connectivity index (χ4n) is 1.20. The monoisotopic (exact) mass is 244 g/mol. The van der Waals surface area contributed by atoms with Crippen LogP contribution in [0.15, 0.2) is 10.9 Å². The molecule has 1 aromatic rings. The number of rotatable bonds is 2. The summed E-state index contributed by atoms with van der Waals surface area (Å²) < 4.78 is 36.9. The van der Waals surface area contributed by atoms with Crippen LogP contribution in [0.4, 0.5) is 12.9 Å². The number of aryl methyl sites for hydroxylation is 2. The molecule has 0 saturated heterocycles. The molecule has 0 unspecified atom stereocenters. The van der Waals surface area contributed by atoms with E-state index in [9.17, 15) is 17.7 Å². The van der Waals surface area contributed by atoms with Crippen molar-refractivity contribution in [3.05, 3.63) is 27.9 Å². The standard InChI is InChI=1S/C7H9BF3N2O.K/c1-5-3-6(2)13(7(14)12-5)4-8(9,10)11;/h3H,4H2,1-2H3;/q-1;+1. The van der Waals surface area contributed by atoms with Crippen molar-refractivity contribution in [1.82, 2.24) is 9.55 Å². The molecule has 0 aliphatic carbocycles. The Kier molecular flexibility index (Phi) is 5.77. The second kappa shape index (κ2) is 5.63. The molecule has 1 aromatic heterocycles. The van der Waals surface area contributed by atoms with E-state index in [4.69, 9.17) is 0 Å². The number of hydrogen-bond donors (Lipinski definition) is 0. The van der Waals surface area contributed by atoms with E-state index in [1.165, 1.54) is 13.0 Å². The van der Waals surface area contributed by atoms with Gasteiger partial charge in [0.1, 0.15) is 0 Å². The molecule has 1 heterocycles. The SMILES string of the molecule is Cc1cc(C)n(C[B-](F)(F)F)c(=O)n1.[K+]. The Morgan fingerprint density at radius 1 is 1.40 bits per heavy atom. The fourth-order valence-corrected chi connectivity index (χ4v) is 1.20. The maximum atomic E-state index is 12.1. The van der Waals surface area contributed by atoms with Crippen LogP contribution < -0.4 is 57.1 Å². The first-order valence-corrected chi connectivity index (χ1v) is 4.06. The molecular weight excluding hydrogens is 235 g/mol. The molecule has 8 heteroatoms. The van der Waals surface area contributed by atoms with Crippen LogP contribution in [0.5, 0.6) is 0 Å². The zero-order valence-corrected chi connectivity index (χ0v) is 11.9. The molecule has 0 saturated carbocycles. The Hall–Kier alpha value is 0.371. The summed E-state index contributed by atoms with van der Waals surface area (Å²) in [6, 6.07) is 1.45. The predicted octanol–water partition coefficient (Wildman–Crippen LogP) is -1.75. The minimum absolute atomic E-state index is 0. The maximum Gasteiger partial charge on any atom is 1.00 e. The van der Waals surface area contributed by atoms with Crippen molar-refractivity contribution in [2.24, 2.45) is 0 Å². The van der Waals surface area contributed by atoms with Gasteiger partial charge >= 0.3 is 64.1 Å². The summed E-state index contributed by atoms with van der Waals surface area (Å²) in [5.74, 6) is 0. The second-order valence-electron chi connectivity index (χ2n) is 3.14. The van der Waals surface area contributed by atoms with E-state index in [2.05, 4.69) is 4.98 Å². The van der Waals surface area contributed by atoms with Gasteiger partial charge in [0, 0.05) is 11.4 Å². The van der Waals surface area contributed by atoms with Gasteiger partial charge < -0.3 is 17.5 Å². The van der Waals surface area contributed by atoms with Crippen LogP contribution in [0.1, 0.15) is 11.4 Å². The number of hydrogen-bond acceptors (Lipinski definition) is 2. The Bertz CT molecular complexity index is 404. The number of aromatic nitrogens is 2. The zero-order valence-electron chi connectivity index (χ0n) is 8.80. The van der Waals surface area contributed by atoms with Gasteiger partial charge in [-0.2, -0.15) is 4.98 Å². The molecule has 0 aromatic carbocycles. The van der Waals surface area contributed by atoms with E-state index in [1.54, 1.807) is 6.92 Å². The van der Waals surface area contributed by atoms with E-state index in [0.29, 0.717) is 10.3 Å². The summed E-state index contributed by atoms with van der Waals surface area (Å²) in [5, 5.41) is 0. The summed E-state index contributed by atoms with van der Waals surface area (Å²) in [6.45, 7) is -1.99. The summed E-state index contributed by atoms with van der Waals surface area (Å²) in [4.78, 5) is 14.5. The van der Waals surface area contributed by atoms with Crippen molar-refractivity contribution in [3.63, 3.8) is 0 Å². The van der Waals surface area contributed by atoms with Crippen LogP contribution in [-0.4, -0.2) is 16.5 Å². The molecule has 0 aliphatic heterocycles. The summed E-state index contributed by atoms with van der Waals surface area (Å²) in [7, 11) is 0. The zero-order chi connectivity index (χ0) is 10.9. The van der Waals surface area contributed by atoms with Gasteiger partial charge in [0.05, 0.1) is 0 Å². The molecule has 0 fully saturated rings. The molecule has 78 valence electrons. The Morgan fingerprint density at radius 3 is 2.33 bits per heavy atom. The topological polar surface area (TPSA) is 34.9 Å². The first-order valence-electron chi connectivity index (χ1n) is 4.06. The molecule has 0 aliphatic rings. The van der Waals surface area contributed by atoms with Crippen LogP contribution in [0.25, 0.3) is 0 Å². The minimum Gasteiger partial charge on any atom is -0.448 e. The van der Waals surface area contributed by atoms with Crippen molar-refractivity contribution >= 4 is 6.98 Å². The van der Waals surface area contributed by atoms with Gasteiger partial charge in [-0.05, 0) is 26.4 Å². The van der Waals surface area contributed by atoms with Crippen LogP contribution in [0.3, 0.4) is 0 Å². The average molecular weight is 244 g/mol. The van der Waals surface area contributed by atoms with E-state index in [1.807, 2.05) is 0 Å². The Morgan fingerprint density at radius 2 is 1.93 bits per heavy atom. The molecule has 15 heavy (non-hydrogen) atoms. The average Bonchev–Trinajstić information content (AvgIpc) is 1.95. The first-order chi connectivity index (χ1) is 6.29. The maximum absolute atomic E-state index is 12.1. The van der Waals surface area contributed by atoms with Gasteiger partial charge in [0.2, 0.25) is 0 Å². The van der Waals surface area contributed by atoms with Crippen LogP contribution >= 0.6 is 0 Å². The van der Waals surface area contributed by atoms with Crippen LogP contribution in [0.2, 0.25) is 0 Å². The molecule has 0 N–H and O–H groups in total. The van der Waals surface area contributed by atoms with Gasteiger partial charge in [-0.3, -0.25) is 0 Å². The molecule has 3 nitrogen and oxygen atoms in total. The third-order valence-electron chi connectivity index (χ3n) is 1.74. The van der Waals surface area contributed by atoms with Crippen LogP contribution in [0, 0.1) is 13.8 Å². The van der Waals surface area contributed by atoms with Crippen molar-refractivity contribution < 1.29 is 64.3 Å². The molecule has 0 radical (unpaired) electrons. The van der Waals surface area contributed by atoms with Crippen LogP contribution in [-0.2, 0) is 6.44 Å². The van der Waals surface area contributed by atoms with E-state index in [0.717, 1.165) is 0 Å². The third-order valence-corrected chi connectivity index (χ3v) is 1.74. The Balaban J connectivity index is 0.00000196. The van der Waals surface area contributed by atoms with E-state index >= 15 is 0 Å². The normalized spacial score (nSPS) is 11.0. The summed E-state index contributed by atoms with van der Waals surface area (Å²) in [6.07, 6.45) is -1.22. The van der Waals surface area contributed by atoms with Gasteiger partial charge in [0.15, 0.2) is 0 Å². The van der Waals surface area contributed by atoms with Gasteiger partial charge in [0.25, 0.3) is 0 Å². The third kappa shape index (κ3) is 4.82. The molecule has 0 amide bonds. The number of nitrogens with zero attached hydrogens (tertiary/aromatic N) is 2. The quantitative estimate of drug-likeness (QED) is 0.578. The Labute approximate surface area is 128 Å². The van der Waals surface area contributed by atoms with Crippen molar-refractivity contribution in [3.8, 4) is 0 Å². The van der Waals surface area contributed by atoms with E-state index < -0.39 is 19.1 Å². The number of halogens is 3. The minimum atomic E-state index is -5.01. The van der Waals surface area contributed by atoms with E-state index in [-0.39, 0.29) is 57.1 Å². The van der Waals surface area contributed by atoms with Crippen molar-refractivity contribution in [2.75, 3.05) is 0 Å². The largest absolute Gasteiger partial charge is 1.00 e. The molecule has 1 rings (SSSR count).